The summed E-state index contributed by atoms with van der Waals surface area (Å²) in [6.07, 6.45) is 1.22. The molecular weight excluding hydrogens is 222 g/mol. The van der Waals surface area contributed by atoms with Crippen LogP contribution in [0.1, 0.15) is 10.4 Å². The molecule has 1 aliphatic rings. The van der Waals surface area contributed by atoms with Crippen molar-refractivity contribution in [2.24, 2.45) is 0 Å². The standard InChI is InChI=1S/C8H10BrNS/c1-10-3-2-6-4-8(9)11-7(6)5-10/h4H,2-3,5H2,1H3. The van der Waals surface area contributed by atoms with E-state index in [1.807, 2.05) is 11.3 Å². The Hall–Kier alpha value is 0.140. The van der Waals surface area contributed by atoms with Crippen LogP contribution in [0.4, 0.5) is 0 Å². The highest BCUT2D eigenvalue weighted by atomic mass is 79.9. The molecule has 11 heavy (non-hydrogen) atoms. The van der Waals surface area contributed by atoms with Crippen LogP contribution in [0.3, 0.4) is 0 Å². The number of fused-ring (bicyclic) bond motifs is 1. The minimum atomic E-state index is 1.13. The summed E-state index contributed by atoms with van der Waals surface area (Å²) in [5.74, 6) is 0. The average Bonchev–Trinajstić information content (AvgIpc) is 2.27. The zero-order valence-electron chi connectivity index (χ0n) is 6.43. The van der Waals surface area contributed by atoms with Gasteiger partial charge >= 0.3 is 0 Å². The number of hydrogen-bond donors (Lipinski definition) is 0. The minimum Gasteiger partial charge on any atom is -0.301 e. The Morgan fingerprint density at radius 2 is 2.45 bits per heavy atom. The molecule has 0 bridgehead atoms. The number of likely N-dealkylation sites (N-methyl/N-ethyl adjacent to an activating group) is 1. The summed E-state index contributed by atoms with van der Waals surface area (Å²) in [5, 5.41) is 0. The van der Waals surface area contributed by atoms with E-state index in [1.165, 1.54) is 21.6 Å². The lowest BCUT2D eigenvalue weighted by atomic mass is 10.1. The molecule has 60 valence electrons. The molecule has 0 atom stereocenters. The molecule has 1 aliphatic heterocycles. The molecule has 3 heteroatoms. The van der Waals surface area contributed by atoms with E-state index < -0.39 is 0 Å². The number of nitrogens with zero attached hydrogens (tertiary/aromatic N) is 1. The van der Waals surface area contributed by atoms with Crippen LogP contribution in [0.15, 0.2) is 9.85 Å². The van der Waals surface area contributed by atoms with E-state index in [9.17, 15) is 0 Å². The second kappa shape index (κ2) is 2.88. The second-order valence-corrected chi connectivity index (χ2v) is 5.50. The van der Waals surface area contributed by atoms with Gasteiger partial charge in [-0.15, -0.1) is 11.3 Å². The predicted octanol–water partition coefficient (Wildman–Crippen LogP) is 2.50. The van der Waals surface area contributed by atoms with Crippen LogP contribution in [-0.2, 0) is 13.0 Å². The van der Waals surface area contributed by atoms with Gasteiger partial charge in [-0.05, 0) is 41.0 Å². The molecule has 0 spiro atoms. The lowest BCUT2D eigenvalue weighted by Gasteiger charge is -2.21. The number of hydrogen-bond acceptors (Lipinski definition) is 2. The summed E-state index contributed by atoms with van der Waals surface area (Å²) in [5.41, 5.74) is 1.54. The van der Waals surface area contributed by atoms with Gasteiger partial charge in [-0.3, -0.25) is 0 Å². The fourth-order valence-corrected chi connectivity index (χ4v) is 3.29. The van der Waals surface area contributed by atoms with Gasteiger partial charge in [0, 0.05) is 18.0 Å². The maximum Gasteiger partial charge on any atom is 0.0704 e. The van der Waals surface area contributed by atoms with Crippen molar-refractivity contribution in [3.05, 3.63) is 20.3 Å². The lowest BCUT2D eigenvalue weighted by molar-refractivity contribution is 0.317. The summed E-state index contributed by atoms with van der Waals surface area (Å²) in [4.78, 5) is 3.90. The van der Waals surface area contributed by atoms with Gasteiger partial charge < -0.3 is 4.90 Å². The Labute approximate surface area is 79.2 Å². The molecule has 0 N–H and O–H groups in total. The lowest BCUT2D eigenvalue weighted by Crippen LogP contribution is -2.24. The third kappa shape index (κ3) is 1.50. The van der Waals surface area contributed by atoms with Gasteiger partial charge in [0.2, 0.25) is 0 Å². The maximum absolute atomic E-state index is 3.51. The van der Waals surface area contributed by atoms with Crippen LogP contribution in [-0.4, -0.2) is 18.5 Å². The molecule has 0 fully saturated rings. The fourth-order valence-electron chi connectivity index (χ4n) is 1.41. The smallest absolute Gasteiger partial charge is 0.0704 e. The normalized spacial score (nSPS) is 18.4. The van der Waals surface area contributed by atoms with E-state index in [-0.39, 0.29) is 0 Å². The molecule has 1 aromatic rings. The zero-order chi connectivity index (χ0) is 7.84. The Kier molecular flexibility index (Phi) is 2.04. The topological polar surface area (TPSA) is 3.24 Å². The summed E-state index contributed by atoms with van der Waals surface area (Å²) in [6, 6.07) is 2.26. The predicted molar refractivity (Wildman–Crippen MR) is 52.1 cm³/mol. The summed E-state index contributed by atoms with van der Waals surface area (Å²) < 4.78 is 1.28. The van der Waals surface area contributed by atoms with Crippen LogP contribution in [0.25, 0.3) is 0 Å². The van der Waals surface area contributed by atoms with Crippen LogP contribution in [0.5, 0.6) is 0 Å². The molecule has 1 aromatic heterocycles. The summed E-state index contributed by atoms with van der Waals surface area (Å²) in [6.45, 7) is 2.34. The molecule has 2 heterocycles. The van der Waals surface area contributed by atoms with Crippen molar-refractivity contribution in [2.75, 3.05) is 13.6 Å². The zero-order valence-corrected chi connectivity index (χ0v) is 8.83. The van der Waals surface area contributed by atoms with Gasteiger partial charge in [0.15, 0.2) is 0 Å². The molecule has 0 amide bonds. The first kappa shape index (κ1) is 7.77. The van der Waals surface area contributed by atoms with Crippen LogP contribution >= 0.6 is 27.3 Å². The molecule has 1 nitrogen and oxygen atoms in total. The molecule has 0 saturated heterocycles. The van der Waals surface area contributed by atoms with E-state index >= 15 is 0 Å². The maximum atomic E-state index is 3.51. The third-order valence-electron chi connectivity index (χ3n) is 2.04. The molecule has 0 aromatic carbocycles. The first-order chi connectivity index (χ1) is 5.25. The van der Waals surface area contributed by atoms with Crippen molar-refractivity contribution in [2.45, 2.75) is 13.0 Å². The van der Waals surface area contributed by atoms with Crippen LogP contribution in [0, 0.1) is 0 Å². The highest BCUT2D eigenvalue weighted by molar-refractivity contribution is 9.11. The van der Waals surface area contributed by atoms with Crippen LogP contribution in [0.2, 0.25) is 0 Å². The Bertz CT molecular complexity index is 269. The molecule has 0 aliphatic carbocycles. The highest BCUT2D eigenvalue weighted by Gasteiger charge is 2.15. The summed E-state index contributed by atoms with van der Waals surface area (Å²) in [7, 11) is 2.18. The quantitative estimate of drug-likeness (QED) is 0.664. The first-order valence-corrected chi connectivity index (χ1v) is 5.32. The largest absolute Gasteiger partial charge is 0.301 e. The summed E-state index contributed by atoms with van der Waals surface area (Å²) >= 11 is 5.38. The molecule has 0 unspecified atom stereocenters. The van der Waals surface area contributed by atoms with Crippen molar-refractivity contribution < 1.29 is 0 Å². The second-order valence-electron chi connectivity index (χ2n) is 2.99. The van der Waals surface area contributed by atoms with E-state index in [0.29, 0.717) is 0 Å². The molecule has 0 saturated carbocycles. The van der Waals surface area contributed by atoms with Gasteiger partial charge in [-0.1, -0.05) is 0 Å². The molecule has 2 rings (SSSR count). The Morgan fingerprint density at radius 3 is 3.27 bits per heavy atom. The van der Waals surface area contributed by atoms with Gasteiger partial charge in [0.05, 0.1) is 3.79 Å². The highest BCUT2D eigenvalue weighted by Crippen LogP contribution is 2.30. The molecule has 0 radical (unpaired) electrons. The van der Waals surface area contributed by atoms with Crippen molar-refractivity contribution in [3.8, 4) is 0 Å². The van der Waals surface area contributed by atoms with E-state index in [2.05, 4.69) is 33.9 Å². The first-order valence-electron chi connectivity index (χ1n) is 3.71. The van der Waals surface area contributed by atoms with E-state index in [4.69, 9.17) is 0 Å². The number of thiophene rings is 1. The monoisotopic (exact) mass is 231 g/mol. The van der Waals surface area contributed by atoms with Crippen molar-refractivity contribution >= 4 is 27.3 Å². The van der Waals surface area contributed by atoms with Gasteiger partial charge in [-0.2, -0.15) is 0 Å². The molecular formula is C8H10BrNS. The third-order valence-corrected chi connectivity index (χ3v) is 3.71. The van der Waals surface area contributed by atoms with E-state index in [0.717, 1.165) is 6.54 Å². The van der Waals surface area contributed by atoms with Crippen molar-refractivity contribution in [1.82, 2.24) is 4.90 Å². The minimum absolute atomic E-state index is 1.13. The SMILES string of the molecule is CN1CCc2cc(Br)sc2C1. The number of halogens is 1. The Balaban J connectivity index is 2.34. The van der Waals surface area contributed by atoms with Crippen molar-refractivity contribution in [1.29, 1.82) is 0 Å². The number of rotatable bonds is 0. The van der Waals surface area contributed by atoms with Crippen molar-refractivity contribution in [3.63, 3.8) is 0 Å². The van der Waals surface area contributed by atoms with Gasteiger partial charge in [-0.25, -0.2) is 0 Å². The van der Waals surface area contributed by atoms with E-state index in [1.54, 1.807) is 5.56 Å². The average molecular weight is 232 g/mol. The Morgan fingerprint density at radius 1 is 1.64 bits per heavy atom. The van der Waals surface area contributed by atoms with Crippen LogP contribution < -0.4 is 0 Å². The van der Waals surface area contributed by atoms with Gasteiger partial charge in [0.25, 0.3) is 0 Å². The fraction of sp³-hybridized carbons (Fsp3) is 0.500. The van der Waals surface area contributed by atoms with Gasteiger partial charge in [0.1, 0.15) is 0 Å².